The third-order valence-corrected chi connectivity index (χ3v) is 2.36. The van der Waals surface area contributed by atoms with E-state index >= 15 is 0 Å². The topological polar surface area (TPSA) is 26.0 Å². The lowest BCUT2D eigenvalue weighted by atomic mass is 10.0. The van der Waals surface area contributed by atoms with E-state index in [0.29, 0.717) is 0 Å². The number of anilines is 1. The number of hydrogen-bond donors (Lipinski definition) is 1. The number of benzene rings is 2. The lowest BCUT2D eigenvalue weighted by Crippen LogP contribution is -1.89. The van der Waals surface area contributed by atoms with Crippen LogP contribution in [0.3, 0.4) is 0 Å². The van der Waals surface area contributed by atoms with E-state index in [0.717, 1.165) is 17.5 Å². The molecule has 0 amide bonds. The van der Waals surface area contributed by atoms with Gasteiger partial charge in [0.15, 0.2) is 0 Å². The van der Waals surface area contributed by atoms with Crippen molar-refractivity contribution in [1.29, 1.82) is 0 Å². The van der Waals surface area contributed by atoms with Crippen molar-refractivity contribution >= 4 is 16.5 Å². The van der Waals surface area contributed by atoms with E-state index in [4.69, 9.17) is 5.73 Å². The van der Waals surface area contributed by atoms with E-state index in [2.05, 4.69) is 31.2 Å². The highest BCUT2D eigenvalue weighted by molar-refractivity contribution is 5.93. The molecule has 0 unspecified atom stereocenters. The van der Waals surface area contributed by atoms with Gasteiger partial charge < -0.3 is 5.73 Å². The van der Waals surface area contributed by atoms with Crippen molar-refractivity contribution in [3.8, 4) is 0 Å². The molecule has 0 heterocycles. The van der Waals surface area contributed by atoms with Crippen molar-refractivity contribution in [3.05, 3.63) is 42.0 Å². The van der Waals surface area contributed by atoms with Crippen LogP contribution in [0.5, 0.6) is 0 Å². The molecule has 0 radical (unpaired) electrons. The van der Waals surface area contributed by atoms with Crippen LogP contribution in [0.25, 0.3) is 10.8 Å². The maximum atomic E-state index is 5.93. The molecule has 1 heteroatoms. The molecule has 2 aromatic carbocycles. The summed E-state index contributed by atoms with van der Waals surface area (Å²) in [6.45, 7) is 2.14. The fraction of sp³-hybridized carbons (Fsp3) is 0.167. The smallest absolute Gasteiger partial charge is 0.0396 e. The molecule has 66 valence electrons. The summed E-state index contributed by atoms with van der Waals surface area (Å²) in [6, 6.07) is 12.5. The van der Waals surface area contributed by atoms with Gasteiger partial charge in [-0.15, -0.1) is 0 Å². The molecule has 0 aliphatic heterocycles. The molecule has 0 saturated carbocycles. The Kier molecular flexibility index (Phi) is 1.93. The minimum Gasteiger partial charge on any atom is -0.398 e. The van der Waals surface area contributed by atoms with Gasteiger partial charge in [0.25, 0.3) is 0 Å². The summed E-state index contributed by atoms with van der Waals surface area (Å²) in [5.41, 5.74) is 8.12. The molecular formula is C12H13N. The Labute approximate surface area is 78.2 Å². The second-order valence-corrected chi connectivity index (χ2v) is 3.26. The van der Waals surface area contributed by atoms with Gasteiger partial charge in [-0.05, 0) is 23.4 Å². The van der Waals surface area contributed by atoms with Crippen LogP contribution in [0.4, 0.5) is 5.69 Å². The van der Waals surface area contributed by atoms with Crippen molar-refractivity contribution in [1.82, 2.24) is 0 Å². The summed E-state index contributed by atoms with van der Waals surface area (Å²) >= 11 is 0. The summed E-state index contributed by atoms with van der Waals surface area (Å²) < 4.78 is 0. The normalized spacial score (nSPS) is 10.5. The monoisotopic (exact) mass is 171 g/mol. The van der Waals surface area contributed by atoms with Crippen molar-refractivity contribution in [2.75, 3.05) is 5.73 Å². The van der Waals surface area contributed by atoms with Crippen LogP contribution in [0.15, 0.2) is 36.4 Å². The third kappa shape index (κ3) is 1.37. The highest BCUT2D eigenvalue weighted by atomic mass is 14.5. The first-order valence-electron chi connectivity index (χ1n) is 4.58. The van der Waals surface area contributed by atoms with Gasteiger partial charge in [0.1, 0.15) is 0 Å². The van der Waals surface area contributed by atoms with Gasteiger partial charge in [-0.25, -0.2) is 0 Å². The Hall–Kier alpha value is -1.50. The molecule has 0 saturated heterocycles. The van der Waals surface area contributed by atoms with Crippen molar-refractivity contribution in [3.63, 3.8) is 0 Å². The van der Waals surface area contributed by atoms with Gasteiger partial charge >= 0.3 is 0 Å². The van der Waals surface area contributed by atoms with Gasteiger partial charge in [-0.2, -0.15) is 0 Å². The molecule has 0 aliphatic carbocycles. The minimum absolute atomic E-state index is 0.884. The summed E-state index contributed by atoms with van der Waals surface area (Å²) in [7, 11) is 0. The molecule has 0 fully saturated rings. The summed E-state index contributed by atoms with van der Waals surface area (Å²) in [5, 5.41) is 2.39. The highest BCUT2D eigenvalue weighted by Gasteiger charge is 1.98. The van der Waals surface area contributed by atoms with Crippen LogP contribution in [-0.2, 0) is 6.42 Å². The molecule has 0 aliphatic rings. The van der Waals surface area contributed by atoms with Crippen molar-refractivity contribution in [2.24, 2.45) is 0 Å². The lowest BCUT2D eigenvalue weighted by Gasteiger charge is -2.04. The molecule has 2 aromatic rings. The number of rotatable bonds is 1. The van der Waals surface area contributed by atoms with Gasteiger partial charge in [-0.3, -0.25) is 0 Å². The number of aryl methyl sites for hydroxylation is 1. The molecule has 0 atom stereocenters. The van der Waals surface area contributed by atoms with Gasteiger partial charge in [0, 0.05) is 11.1 Å². The first-order valence-corrected chi connectivity index (χ1v) is 4.58. The second-order valence-electron chi connectivity index (χ2n) is 3.26. The summed E-state index contributed by atoms with van der Waals surface area (Å²) in [4.78, 5) is 0. The highest BCUT2D eigenvalue weighted by Crippen LogP contribution is 2.22. The Bertz CT molecular complexity index is 432. The van der Waals surface area contributed by atoms with Crippen molar-refractivity contribution < 1.29 is 0 Å². The fourth-order valence-electron chi connectivity index (χ4n) is 1.61. The molecule has 2 rings (SSSR count). The predicted molar refractivity (Wildman–Crippen MR) is 57.7 cm³/mol. The van der Waals surface area contributed by atoms with E-state index in [-0.39, 0.29) is 0 Å². The standard InChI is InChI=1S/C12H13N/c1-2-9-7-10-5-3-4-6-11(10)12(13)8-9/h3-8H,2,13H2,1H3. The van der Waals surface area contributed by atoms with Gasteiger partial charge in [0.05, 0.1) is 0 Å². The second kappa shape index (κ2) is 3.09. The lowest BCUT2D eigenvalue weighted by molar-refractivity contribution is 1.15. The van der Waals surface area contributed by atoms with Gasteiger partial charge in [0.2, 0.25) is 0 Å². The summed E-state index contributed by atoms with van der Waals surface area (Å²) in [5.74, 6) is 0. The first-order chi connectivity index (χ1) is 6.31. The van der Waals surface area contributed by atoms with Crippen LogP contribution in [0, 0.1) is 0 Å². The largest absolute Gasteiger partial charge is 0.398 e. The molecule has 1 nitrogen and oxygen atoms in total. The van der Waals surface area contributed by atoms with Crippen LogP contribution in [-0.4, -0.2) is 0 Å². The molecule has 2 N–H and O–H groups in total. The quantitative estimate of drug-likeness (QED) is 0.656. The molecule has 13 heavy (non-hydrogen) atoms. The molecular weight excluding hydrogens is 158 g/mol. The SMILES string of the molecule is CCc1cc(N)c2ccccc2c1. The average molecular weight is 171 g/mol. The minimum atomic E-state index is 0.884. The van der Waals surface area contributed by atoms with E-state index in [1.807, 2.05) is 12.1 Å². The zero-order chi connectivity index (χ0) is 9.26. The van der Waals surface area contributed by atoms with Gasteiger partial charge in [-0.1, -0.05) is 37.3 Å². The Morgan fingerprint density at radius 1 is 1.15 bits per heavy atom. The van der Waals surface area contributed by atoms with E-state index in [1.54, 1.807) is 0 Å². The predicted octanol–water partition coefficient (Wildman–Crippen LogP) is 2.98. The van der Waals surface area contributed by atoms with E-state index < -0.39 is 0 Å². The summed E-state index contributed by atoms with van der Waals surface area (Å²) in [6.07, 6.45) is 1.04. The number of hydrogen-bond acceptors (Lipinski definition) is 1. The van der Waals surface area contributed by atoms with E-state index in [1.165, 1.54) is 10.9 Å². The first kappa shape index (κ1) is 8.11. The fourth-order valence-corrected chi connectivity index (χ4v) is 1.61. The Morgan fingerprint density at radius 2 is 1.92 bits per heavy atom. The number of nitrogens with two attached hydrogens (primary N) is 1. The van der Waals surface area contributed by atoms with E-state index in [9.17, 15) is 0 Å². The Balaban J connectivity index is 2.77. The third-order valence-electron chi connectivity index (χ3n) is 2.36. The van der Waals surface area contributed by atoms with Crippen LogP contribution < -0.4 is 5.73 Å². The average Bonchev–Trinajstić information content (AvgIpc) is 2.18. The van der Waals surface area contributed by atoms with Crippen LogP contribution in [0.1, 0.15) is 12.5 Å². The maximum Gasteiger partial charge on any atom is 0.0396 e. The van der Waals surface area contributed by atoms with Crippen LogP contribution in [0.2, 0.25) is 0 Å². The maximum absolute atomic E-state index is 5.93. The molecule has 0 aromatic heterocycles. The zero-order valence-electron chi connectivity index (χ0n) is 7.75. The number of nitrogen functional groups attached to an aromatic ring is 1. The number of fused-ring (bicyclic) bond motifs is 1. The molecule has 0 spiro atoms. The molecule has 0 bridgehead atoms. The zero-order valence-corrected chi connectivity index (χ0v) is 7.75. The van der Waals surface area contributed by atoms with Crippen molar-refractivity contribution in [2.45, 2.75) is 13.3 Å². The Morgan fingerprint density at radius 3 is 2.69 bits per heavy atom. The van der Waals surface area contributed by atoms with Crippen LogP contribution >= 0.6 is 0 Å².